The van der Waals surface area contributed by atoms with Gasteiger partial charge in [-0.2, -0.15) is 0 Å². The van der Waals surface area contributed by atoms with Crippen LogP contribution < -0.4 is 0 Å². The number of hydrogen-bond acceptors (Lipinski definition) is 3. The quantitative estimate of drug-likeness (QED) is 0.822. The van der Waals surface area contributed by atoms with E-state index in [-0.39, 0.29) is 6.61 Å². The fourth-order valence-corrected chi connectivity index (χ4v) is 2.58. The molecule has 0 aliphatic heterocycles. The van der Waals surface area contributed by atoms with Gasteiger partial charge in [-0.15, -0.1) is 11.8 Å². The van der Waals surface area contributed by atoms with E-state index in [4.69, 9.17) is 10.2 Å². The summed E-state index contributed by atoms with van der Waals surface area (Å²) >= 11 is 1.66. The van der Waals surface area contributed by atoms with Crippen LogP contribution in [0.4, 0.5) is 0 Å². The third-order valence-corrected chi connectivity index (χ3v) is 3.75. The standard InChI is InChI=1S/C15H14O3S/c16-9-12-2-1-3-14(8-12)19-10-11-4-6-13(7-5-11)15(17)18/h1-8,16H,9-10H2,(H,17,18). The van der Waals surface area contributed by atoms with Crippen LogP contribution in [-0.2, 0) is 12.4 Å². The summed E-state index contributed by atoms with van der Waals surface area (Å²) in [7, 11) is 0. The zero-order valence-electron chi connectivity index (χ0n) is 10.2. The van der Waals surface area contributed by atoms with Crippen LogP contribution >= 0.6 is 11.8 Å². The minimum Gasteiger partial charge on any atom is -0.478 e. The van der Waals surface area contributed by atoms with Gasteiger partial charge in [-0.25, -0.2) is 4.79 Å². The predicted molar refractivity (Wildman–Crippen MR) is 75.3 cm³/mol. The van der Waals surface area contributed by atoms with Crippen LogP contribution in [0.3, 0.4) is 0 Å². The maximum Gasteiger partial charge on any atom is 0.335 e. The van der Waals surface area contributed by atoms with Crippen LogP contribution in [0.2, 0.25) is 0 Å². The molecule has 4 heteroatoms. The van der Waals surface area contributed by atoms with Crippen molar-refractivity contribution in [3.05, 3.63) is 65.2 Å². The Bertz CT molecular complexity index is 564. The molecule has 19 heavy (non-hydrogen) atoms. The van der Waals surface area contributed by atoms with Crippen molar-refractivity contribution in [3.63, 3.8) is 0 Å². The zero-order chi connectivity index (χ0) is 13.7. The molecule has 0 amide bonds. The molecule has 0 aliphatic rings. The molecule has 2 aromatic rings. The topological polar surface area (TPSA) is 57.5 Å². The van der Waals surface area contributed by atoms with Gasteiger partial charge in [0, 0.05) is 10.6 Å². The molecule has 0 atom stereocenters. The molecule has 0 unspecified atom stereocenters. The molecule has 0 saturated heterocycles. The fraction of sp³-hybridized carbons (Fsp3) is 0.133. The van der Waals surface area contributed by atoms with Crippen LogP contribution in [0.5, 0.6) is 0 Å². The summed E-state index contributed by atoms with van der Waals surface area (Å²) in [5.74, 6) is -0.135. The zero-order valence-corrected chi connectivity index (χ0v) is 11.1. The average Bonchev–Trinajstić information content (AvgIpc) is 2.46. The third-order valence-electron chi connectivity index (χ3n) is 2.69. The van der Waals surface area contributed by atoms with E-state index in [1.807, 2.05) is 36.4 Å². The molecule has 0 fully saturated rings. The number of aliphatic hydroxyl groups is 1. The van der Waals surface area contributed by atoms with Crippen LogP contribution in [0.25, 0.3) is 0 Å². The monoisotopic (exact) mass is 274 g/mol. The molecule has 2 aromatic carbocycles. The Labute approximate surface area is 115 Å². The van der Waals surface area contributed by atoms with Crippen LogP contribution in [0.15, 0.2) is 53.4 Å². The largest absolute Gasteiger partial charge is 0.478 e. The van der Waals surface area contributed by atoms with Crippen molar-refractivity contribution in [2.75, 3.05) is 0 Å². The number of carboxylic acids is 1. The molecule has 3 nitrogen and oxygen atoms in total. The lowest BCUT2D eigenvalue weighted by atomic mass is 10.1. The summed E-state index contributed by atoms with van der Waals surface area (Å²) in [4.78, 5) is 11.8. The first kappa shape index (κ1) is 13.6. The third kappa shape index (κ3) is 3.84. The van der Waals surface area contributed by atoms with Gasteiger partial charge in [0.1, 0.15) is 0 Å². The molecule has 0 aliphatic carbocycles. The summed E-state index contributed by atoms with van der Waals surface area (Å²) in [5, 5.41) is 17.9. The summed E-state index contributed by atoms with van der Waals surface area (Å²) < 4.78 is 0. The Balaban J connectivity index is 1.99. The van der Waals surface area contributed by atoms with E-state index in [1.54, 1.807) is 23.9 Å². The number of carboxylic acid groups (broad SMARTS) is 1. The second-order valence-corrected chi connectivity index (χ2v) is 5.15. The van der Waals surface area contributed by atoms with E-state index in [1.165, 1.54) is 0 Å². The first-order chi connectivity index (χ1) is 9.19. The number of rotatable bonds is 5. The van der Waals surface area contributed by atoms with E-state index in [0.717, 1.165) is 21.8 Å². The number of carbonyl (C=O) groups is 1. The van der Waals surface area contributed by atoms with E-state index in [0.29, 0.717) is 5.56 Å². The Kier molecular flexibility index (Phi) is 4.60. The highest BCUT2D eigenvalue weighted by molar-refractivity contribution is 7.98. The van der Waals surface area contributed by atoms with Crippen molar-refractivity contribution in [1.29, 1.82) is 0 Å². The van der Waals surface area contributed by atoms with Gasteiger partial charge in [0.05, 0.1) is 12.2 Å². The Morgan fingerprint density at radius 2 is 1.79 bits per heavy atom. The first-order valence-corrected chi connectivity index (χ1v) is 6.82. The van der Waals surface area contributed by atoms with Gasteiger partial charge in [-0.05, 0) is 35.4 Å². The van der Waals surface area contributed by atoms with Crippen molar-refractivity contribution < 1.29 is 15.0 Å². The van der Waals surface area contributed by atoms with Gasteiger partial charge in [-0.3, -0.25) is 0 Å². The Morgan fingerprint density at radius 1 is 1.05 bits per heavy atom. The van der Waals surface area contributed by atoms with E-state index < -0.39 is 5.97 Å². The average molecular weight is 274 g/mol. The van der Waals surface area contributed by atoms with Gasteiger partial charge < -0.3 is 10.2 Å². The minimum absolute atomic E-state index is 0.0434. The second-order valence-electron chi connectivity index (χ2n) is 4.10. The molecule has 0 spiro atoms. The van der Waals surface area contributed by atoms with E-state index >= 15 is 0 Å². The molecule has 2 rings (SSSR count). The SMILES string of the molecule is O=C(O)c1ccc(CSc2cccc(CO)c2)cc1. The molecule has 2 N–H and O–H groups in total. The van der Waals surface area contributed by atoms with Gasteiger partial charge >= 0.3 is 5.97 Å². The van der Waals surface area contributed by atoms with Crippen LogP contribution in [0, 0.1) is 0 Å². The molecular formula is C15H14O3S. The van der Waals surface area contributed by atoms with Gasteiger partial charge in [0.25, 0.3) is 0 Å². The Morgan fingerprint density at radius 3 is 2.42 bits per heavy atom. The van der Waals surface area contributed by atoms with Gasteiger partial charge in [0.15, 0.2) is 0 Å². The number of thioether (sulfide) groups is 1. The highest BCUT2D eigenvalue weighted by Gasteiger charge is 2.02. The molecular weight excluding hydrogens is 260 g/mol. The molecule has 0 radical (unpaired) electrons. The molecule has 0 bridgehead atoms. The summed E-state index contributed by atoms with van der Waals surface area (Å²) in [5.41, 5.74) is 2.27. The van der Waals surface area contributed by atoms with Crippen molar-refractivity contribution >= 4 is 17.7 Å². The lowest BCUT2D eigenvalue weighted by Gasteiger charge is -2.04. The van der Waals surface area contributed by atoms with Crippen molar-refractivity contribution in [3.8, 4) is 0 Å². The number of benzene rings is 2. The van der Waals surface area contributed by atoms with Gasteiger partial charge in [0.2, 0.25) is 0 Å². The van der Waals surface area contributed by atoms with Crippen LogP contribution in [-0.4, -0.2) is 16.2 Å². The lowest BCUT2D eigenvalue weighted by Crippen LogP contribution is -1.95. The van der Waals surface area contributed by atoms with Crippen LogP contribution in [0.1, 0.15) is 21.5 Å². The molecule has 0 aromatic heterocycles. The predicted octanol–water partition coefficient (Wildman–Crippen LogP) is 3.17. The number of aromatic carboxylic acids is 1. The van der Waals surface area contributed by atoms with E-state index in [9.17, 15) is 4.79 Å². The molecule has 0 saturated carbocycles. The lowest BCUT2D eigenvalue weighted by molar-refractivity contribution is 0.0697. The molecule has 98 valence electrons. The Hall–Kier alpha value is -1.78. The fourth-order valence-electron chi connectivity index (χ4n) is 1.64. The highest BCUT2D eigenvalue weighted by Crippen LogP contribution is 2.23. The number of aliphatic hydroxyl groups excluding tert-OH is 1. The molecule has 0 heterocycles. The summed E-state index contributed by atoms with van der Waals surface area (Å²) in [6.07, 6.45) is 0. The summed E-state index contributed by atoms with van der Waals surface area (Å²) in [6, 6.07) is 14.6. The van der Waals surface area contributed by atoms with E-state index in [2.05, 4.69) is 0 Å². The second kappa shape index (κ2) is 6.41. The number of hydrogen-bond donors (Lipinski definition) is 2. The minimum atomic E-state index is -0.908. The van der Waals surface area contributed by atoms with Gasteiger partial charge in [-0.1, -0.05) is 24.3 Å². The normalized spacial score (nSPS) is 10.4. The first-order valence-electron chi connectivity index (χ1n) is 5.84. The highest BCUT2D eigenvalue weighted by atomic mass is 32.2. The smallest absolute Gasteiger partial charge is 0.335 e. The van der Waals surface area contributed by atoms with Crippen molar-refractivity contribution in [1.82, 2.24) is 0 Å². The maximum absolute atomic E-state index is 10.7. The summed E-state index contributed by atoms with van der Waals surface area (Å²) in [6.45, 7) is 0.0434. The maximum atomic E-state index is 10.7. The van der Waals surface area contributed by atoms with Crippen molar-refractivity contribution in [2.45, 2.75) is 17.3 Å². The van der Waals surface area contributed by atoms with Crippen molar-refractivity contribution in [2.24, 2.45) is 0 Å².